The summed E-state index contributed by atoms with van der Waals surface area (Å²) in [5.74, 6) is 0.345. The number of amides is 1. The van der Waals surface area contributed by atoms with Gasteiger partial charge in [-0.2, -0.15) is 0 Å². The molecule has 0 radical (unpaired) electrons. The molecule has 0 bridgehead atoms. The maximum atomic E-state index is 12.6. The minimum atomic E-state index is -0.175. The Kier molecular flexibility index (Phi) is 5.36. The van der Waals surface area contributed by atoms with Gasteiger partial charge >= 0.3 is 0 Å². The Balaban J connectivity index is 1.99. The predicted octanol–water partition coefficient (Wildman–Crippen LogP) is 2.59. The number of hydrogen-bond donors (Lipinski definition) is 1. The number of rotatable bonds is 6. The largest absolute Gasteiger partial charge is 0.341 e. The van der Waals surface area contributed by atoms with Gasteiger partial charge < -0.3 is 10.2 Å². The van der Waals surface area contributed by atoms with Gasteiger partial charge in [-0.3, -0.25) is 4.79 Å². The molecule has 108 valence electrons. The van der Waals surface area contributed by atoms with Crippen LogP contribution in [-0.4, -0.2) is 29.9 Å². The minimum Gasteiger partial charge on any atom is -0.341 e. The minimum absolute atomic E-state index is 0.131. The Morgan fingerprint density at radius 3 is 2.60 bits per heavy atom. The van der Waals surface area contributed by atoms with Crippen molar-refractivity contribution in [3.63, 3.8) is 0 Å². The number of hydrogen-bond acceptors (Lipinski definition) is 2. The number of nitrogens with zero attached hydrogens (tertiary/aromatic N) is 1. The molecule has 1 amide bonds. The van der Waals surface area contributed by atoms with Crippen LogP contribution in [0.4, 0.5) is 0 Å². The van der Waals surface area contributed by atoms with E-state index in [0.29, 0.717) is 6.54 Å². The third kappa shape index (κ3) is 3.70. The van der Waals surface area contributed by atoms with Crippen molar-refractivity contribution in [2.45, 2.75) is 32.4 Å². The van der Waals surface area contributed by atoms with Gasteiger partial charge in [0, 0.05) is 19.6 Å². The first-order valence-electron chi connectivity index (χ1n) is 7.41. The monoisotopic (exact) mass is 272 g/mol. The van der Waals surface area contributed by atoms with Gasteiger partial charge in [-0.1, -0.05) is 43.3 Å². The second-order valence-corrected chi connectivity index (χ2v) is 5.47. The number of carbonyl (C=O) groups is 1. The third-order valence-corrected chi connectivity index (χ3v) is 3.95. The lowest BCUT2D eigenvalue weighted by Crippen LogP contribution is -2.48. The molecule has 1 N–H and O–H groups in total. The van der Waals surface area contributed by atoms with E-state index in [1.54, 1.807) is 0 Å². The predicted molar refractivity (Wildman–Crippen MR) is 82.2 cm³/mol. The molecule has 0 saturated carbocycles. The Morgan fingerprint density at radius 2 is 2.00 bits per heavy atom. The smallest absolute Gasteiger partial charge is 0.240 e. The average Bonchev–Trinajstić information content (AvgIpc) is 3.02. The van der Waals surface area contributed by atoms with Crippen molar-refractivity contribution in [1.29, 1.82) is 0 Å². The Hall–Kier alpha value is -1.61. The van der Waals surface area contributed by atoms with Gasteiger partial charge in [-0.15, -0.1) is 6.58 Å². The number of carbonyl (C=O) groups excluding carboxylic acids is 1. The van der Waals surface area contributed by atoms with Crippen LogP contribution in [0.2, 0.25) is 0 Å². The van der Waals surface area contributed by atoms with Crippen molar-refractivity contribution >= 4 is 5.91 Å². The molecule has 2 rings (SSSR count). The van der Waals surface area contributed by atoms with Crippen LogP contribution in [-0.2, 0) is 11.3 Å². The van der Waals surface area contributed by atoms with Gasteiger partial charge in [0.1, 0.15) is 0 Å². The molecule has 2 atom stereocenters. The van der Waals surface area contributed by atoms with E-state index in [1.807, 2.05) is 36.1 Å². The fourth-order valence-corrected chi connectivity index (χ4v) is 2.59. The maximum Gasteiger partial charge on any atom is 0.240 e. The molecule has 1 fully saturated rings. The zero-order valence-corrected chi connectivity index (χ0v) is 12.2. The molecule has 0 spiro atoms. The van der Waals surface area contributed by atoms with E-state index in [9.17, 15) is 4.79 Å². The lowest BCUT2D eigenvalue weighted by Gasteiger charge is -2.27. The molecule has 20 heavy (non-hydrogen) atoms. The second-order valence-electron chi connectivity index (χ2n) is 5.47. The standard InChI is InChI=1S/C17H24N2O/c1-3-14(2)16(17(20)19-11-7-8-12-19)18-13-15-9-5-4-6-10-15/h3-6,9-10,14,16,18H,1,7-8,11-13H2,2H3/t14-,16+/m1/s1. The Morgan fingerprint density at radius 1 is 1.35 bits per heavy atom. The summed E-state index contributed by atoms with van der Waals surface area (Å²) in [5, 5.41) is 3.40. The highest BCUT2D eigenvalue weighted by atomic mass is 16.2. The second kappa shape index (κ2) is 7.25. The van der Waals surface area contributed by atoms with Crippen LogP contribution in [0.5, 0.6) is 0 Å². The first kappa shape index (κ1) is 14.8. The molecule has 0 unspecified atom stereocenters. The lowest BCUT2D eigenvalue weighted by atomic mass is 10.0. The summed E-state index contributed by atoms with van der Waals surface area (Å²) >= 11 is 0. The quantitative estimate of drug-likeness (QED) is 0.807. The zero-order chi connectivity index (χ0) is 14.4. The fourth-order valence-electron chi connectivity index (χ4n) is 2.59. The van der Waals surface area contributed by atoms with E-state index in [0.717, 1.165) is 25.9 Å². The van der Waals surface area contributed by atoms with Crippen molar-refractivity contribution in [3.05, 3.63) is 48.6 Å². The summed E-state index contributed by atoms with van der Waals surface area (Å²) in [6.07, 6.45) is 4.11. The molecule has 3 heteroatoms. The summed E-state index contributed by atoms with van der Waals surface area (Å²) < 4.78 is 0. The first-order chi connectivity index (χ1) is 9.72. The lowest BCUT2D eigenvalue weighted by molar-refractivity contribution is -0.133. The Bertz CT molecular complexity index is 438. The van der Waals surface area contributed by atoms with Gasteiger partial charge in [-0.25, -0.2) is 0 Å². The number of likely N-dealkylation sites (tertiary alicyclic amines) is 1. The van der Waals surface area contributed by atoms with Gasteiger partial charge in [-0.05, 0) is 24.3 Å². The molecule has 1 heterocycles. The van der Waals surface area contributed by atoms with Crippen LogP contribution in [0.3, 0.4) is 0 Å². The van der Waals surface area contributed by atoms with E-state index >= 15 is 0 Å². The van der Waals surface area contributed by atoms with E-state index in [1.165, 1.54) is 5.56 Å². The van der Waals surface area contributed by atoms with E-state index in [2.05, 4.69) is 24.0 Å². The van der Waals surface area contributed by atoms with Crippen LogP contribution >= 0.6 is 0 Å². The number of nitrogens with one attached hydrogen (secondary N) is 1. The molecule has 1 aromatic carbocycles. The highest BCUT2D eigenvalue weighted by Crippen LogP contribution is 2.14. The van der Waals surface area contributed by atoms with Crippen molar-refractivity contribution in [2.75, 3.05) is 13.1 Å². The van der Waals surface area contributed by atoms with Gasteiger partial charge in [0.15, 0.2) is 0 Å². The van der Waals surface area contributed by atoms with Crippen LogP contribution in [0.15, 0.2) is 43.0 Å². The molecule has 3 nitrogen and oxygen atoms in total. The zero-order valence-electron chi connectivity index (χ0n) is 12.2. The normalized spacial score (nSPS) is 17.8. The molecule has 1 aromatic rings. The highest BCUT2D eigenvalue weighted by Gasteiger charge is 2.28. The molecule has 1 aliphatic rings. The maximum absolute atomic E-state index is 12.6. The van der Waals surface area contributed by atoms with Crippen LogP contribution < -0.4 is 5.32 Å². The molecule has 1 saturated heterocycles. The van der Waals surface area contributed by atoms with Gasteiger partial charge in [0.2, 0.25) is 5.91 Å². The van der Waals surface area contributed by atoms with Gasteiger partial charge in [0.25, 0.3) is 0 Å². The summed E-state index contributed by atoms with van der Waals surface area (Å²) in [4.78, 5) is 14.6. The molecule has 0 aromatic heterocycles. The van der Waals surface area contributed by atoms with Crippen molar-refractivity contribution in [2.24, 2.45) is 5.92 Å². The third-order valence-electron chi connectivity index (χ3n) is 3.95. The highest BCUT2D eigenvalue weighted by molar-refractivity contribution is 5.82. The average molecular weight is 272 g/mol. The topological polar surface area (TPSA) is 32.3 Å². The van der Waals surface area contributed by atoms with Gasteiger partial charge in [0.05, 0.1) is 6.04 Å². The fraction of sp³-hybridized carbons (Fsp3) is 0.471. The summed E-state index contributed by atoms with van der Waals surface area (Å²) in [6, 6.07) is 10.0. The summed E-state index contributed by atoms with van der Waals surface area (Å²) in [6.45, 7) is 8.38. The van der Waals surface area contributed by atoms with E-state index in [-0.39, 0.29) is 17.9 Å². The first-order valence-corrected chi connectivity index (χ1v) is 7.41. The summed E-state index contributed by atoms with van der Waals surface area (Å²) in [5.41, 5.74) is 1.20. The van der Waals surface area contributed by atoms with Crippen molar-refractivity contribution in [3.8, 4) is 0 Å². The molecular formula is C17H24N2O. The van der Waals surface area contributed by atoms with Crippen LogP contribution in [0, 0.1) is 5.92 Å². The molecular weight excluding hydrogens is 248 g/mol. The van der Waals surface area contributed by atoms with Crippen LogP contribution in [0.1, 0.15) is 25.3 Å². The van der Waals surface area contributed by atoms with Crippen molar-refractivity contribution < 1.29 is 4.79 Å². The van der Waals surface area contributed by atoms with Crippen LogP contribution in [0.25, 0.3) is 0 Å². The van der Waals surface area contributed by atoms with Crippen molar-refractivity contribution in [1.82, 2.24) is 10.2 Å². The summed E-state index contributed by atoms with van der Waals surface area (Å²) in [7, 11) is 0. The Labute approximate surface area is 121 Å². The number of benzene rings is 1. The SMILES string of the molecule is C=C[C@@H](C)[C@H](NCc1ccccc1)C(=O)N1CCCC1. The molecule has 1 aliphatic heterocycles. The van der Waals surface area contributed by atoms with E-state index in [4.69, 9.17) is 0 Å². The van der Waals surface area contributed by atoms with E-state index < -0.39 is 0 Å². The molecule has 0 aliphatic carbocycles.